The van der Waals surface area contributed by atoms with Crippen LogP contribution in [0.3, 0.4) is 0 Å². The van der Waals surface area contributed by atoms with E-state index < -0.39 is 0 Å². The van der Waals surface area contributed by atoms with Gasteiger partial charge in [-0.3, -0.25) is 0 Å². The Kier molecular flexibility index (Phi) is 3.24. The van der Waals surface area contributed by atoms with Gasteiger partial charge in [0.15, 0.2) is 0 Å². The smallest absolute Gasteiger partial charge is 0.0379 e. The number of aryl methyl sites for hydroxylation is 1. The molecule has 0 fully saturated rings. The highest BCUT2D eigenvalue weighted by molar-refractivity contribution is 8.08. The lowest BCUT2D eigenvalue weighted by atomic mass is 10.1. The van der Waals surface area contributed by atoms with Crippen LogP contribution in [0.25, 0.3) is 4.91 Å². The van der Waals surface area contributed by atoms with Crippen LogP contribution in [0.15, 0.2) is 60.7 Å². The Labute approximate surface area is 113 Å². The van der Waals surface area contributed by atoms with Crippen molar-refractivity contribution in [3.05, 3.63) is 77.4 Å². The van der Waals surface area contributed by atoms with E-state index in [9.17, 15) is 0 Å². The van der Waals surface area contributed by atoms with Crippen molar-refractivity contribution in [1.82, 2.24) is 0 Å². The van der Waals surface area contributed by atoms with E-state index in [1.54, 1.807) is 0 Å². The van der Waals surface area contributed by atoms with Crippen molar-refractivity contribution in [3.63, 3.8) is 0 Å². The predicted octanol–water partition coefficient (Wildman–Crippen LogP) is 5.21. The lowest BCUT2D eigenvalue weighted by molar-refractivity contribution is 0.989. The second kappa shape index (κ2) is 5.03. The van der Waals surface area contributed by atoms with Crippen molar-refractivity contribution < 1.29 is 0 Å². The molecule has 0 aromatic heterocycles. The fraction of sp³-hybridized carbons (Fsp3) is 0.176. The third-order valence-electron chi connectivity index (χ3n) is 3.29. The van der Waals surface area contributed by atoms with E-state index in [-0.39, 0.29) is 0 Å². The molecule has 18 heavy (non-hydrogen) atoms. The molecule has 0 radical (unpaired) electrons. The number of rotatable bonds is 2. The van der Waals surface area contributed by atoms with Crippen LogP contribution < -0.4 is 0 Å². The van der Waals surface area contributed by atoms with Gasteiger partial charge in [0.2, 0.25) is 0 Å². The summed E-state index contributed by atoms with van der Waals surface area (Å²) in [5.74, 6) is 0. The second-order valence-corrected chi connectivity index (χ2v) is 5.93. The largest absolute Gasteiger partial charge is 0.117 e. The van der Waals surface area contributed by atoms with Crippen LogP contribution >= 0.6 is 11.8 Å². The number of thioether (sulfide) groups is 1. The molecule has 1 atom stereocenters. The van der Waals surface area contributed by atoms with Gasteiger partial charge in [0, 0.05) is 10.2 Å². The highest BCUT2D eigenvalue weighted by atomic mass is 32.2. The summed E-state index contributed by atoms with van der Waals surface area (Å²) in [6.07, 6.45) is 3.50. The molecule has 3 rings (SSSR count). The molecular weight excluding hydrogens is 236 g/mol. The molecule has 0 bridgehead atoms. The maximum absolute atomic E-state index is 2.37. The standard InChI is InChI=1S/C17H16S/c1-13-7-9-15(10-8-13)17-12-11-16(18-17)14-5-3-2-4-6-14/h2-11,17H,12H2,1H3. The van der Waals surface area contributed by atoms with Gasteiger partial charge in [-0.1, -0.05) is 66.2 Å². The van der Waals surface area contributed by atoms with Crippen LogP contribution in [0.1, 0.15) is 28.4 Å². The van der Waals surface area contributed by atoms with Crippen LogP contribution in [0.4, 0.5) is 0 Å². The Balaban J connectivity index is 1.76. The van der Waals surface area contributed by atoms with Gasteiger partial charge in [-0.05, 0) is 24.5 Å². The van der Waals surface area contributed by atoms with Crippen LogP contribution in [-0.4, -0.2) is 0 Å². The lowest BCUT2D eigenvalue weighted by Crippen LogP contribution is -1.88. The minimum absolute atomic E-state index is 0.584. The molecule has 90 valence electrons. The highest BCUT2D eigenvalue weighted by Crippen LogP contribution is 2.47. The first-order valence-corrected chi connectivity index (χ1v) is 7.20. The van der Waals surface area contributed by atoms with E-state index in [4.69, 9.17) is 0 Å². The molecule has 0 nitrogen and oxygen atoms in total. The molecule has 1 heterocycles. The summed E-state index contributed by atoms with van der Waals surface area (Å²) < 4.78 is 0. The molecule has 0 saturated carbocycles. The van der Waals surface area contributed by atoms with Crippen molar-refractivity contribution in [1.29, 1.82) is 0 Å². The fourth-order valence-corrected chi connectivity index (χ4v) is 3.49. The average Bonchev–Trinajstić information content (AvgIpc) is 2.90. The van der Waals surface area contributed by atoms with Gasteiger partial charge in [0.25, 0.3) is 0 Å². The van der Waals surface area contributed by atoms with E-state index in [2.05, 4.69) is 67.6 Å². The first-order chi connectivity index (χ1) is 8.83. The van der Waals surface area contributed by atoms with Crippen molar-refractivity contribution in [2.45, 2.75) is 18.6 Å². The van der Waals surface area contributed by atoms with Gasteiger partial charge in [-0.25, -0.2) is 0 Å². The second-order valence-electron chi connectivity index (χ2n) is 4.69. The summed E-state index contributed by atoms with van der Waals surface area (Å²) in [7, 11) is 0. The van der Waals surface area contributed by atoms with Gasteiger partial charge in [-0.15, -0.1) is 11.8 Å². The third-order valence-corrected chi connectivity index (χ3v) is 4.70. The normalized spacial score (nSPS) is 18.7. The quantitative estimate of drug-likeness (QED) is 0.706. The van der Waals surface area contributed by atoms with Gasteiger partial charge in [-0.2, -0.15) is 0 Å². The summed E-state index contributed by atoms with van der Waals surface area (Å²) in [6, 6.07) is 19.6. The highest BCUT2D eigenvalue weighted by Gasteiger charge is 2.20. The first-order valence-electron chi connectivity index (χ1n) is 6.32. The van der Waals surface area contributed by atoms with Gasteiger partial charge < -0.3 is 0 Å². The van der Waals surface area contributed by atoms with Gasteiger partial charge in [0.1, 0.15) is 0 Å². The molecule has 2 aromatic carbocycles. The molecule has 1 aliphatic heterocycles. The van der Waals surface area contributed by atoms with E-state index in [1.807, 2.05) is 11.8 Å². The molecular formula is C17H16S. The molecule has 2 aromatic rings. The zero-order chi connectivity index (χ0) is 12.4. The van der Waals surface area contributed by atoms with E-state index in [0.717, 1.165) is 6.42 Å². The Bertz CT molecular complexity index is 552. The Morgan fingerprint density at radius 2 is 1.67 bits per heavy atom. The number of hydrogen-bond acceptors (Lipinski definition) is 1. The summed E-state index contributed by atoms with van der Waals surface area (Å²) in [4.78, 5) is 1.42. The Morgan fingerprint density at radius 3 is 2.39 bits per heavy atom. The summed E-state index contributed by atoms with van der Waals surface area (Å²) in [6.45, 7) is 2.14. The summed E-state index contributed by atoms with van der Waals surface area (Å²) in [5, 5.41) is 0.584. The van der Waals surface area contributed by atoms with E-state index >= 15 is 0 Å². The molecule has 1 heteroatoms. The fourth-order valence-electron chi connectivity index (χ4n) is 2.24. The SMILES string of the molecule is Cc1ccc(C2CC=C(c3ccccc3)S2)cc1. The maximum Gasteiger partial charge on any atom is 0.0379 e. The van der Waals surface area contributed by atoms with E-state index in [1.165, 1.54) is 21.6 Å². The minimum atomic E-state index is 0.584. The van der Waals surface area contributed by atoms with E-state index in [0.29, 0.717) is 5.25 Å². The molecule has 0 N–H and O–H groups in total. The number of benzene rings is 2. The maximum atomic E-state index is 2.37. The topological polar surface area (TPSA) is 0 Å². The molecule has 0 spiro atoms. The molecule has 0 amide bonds. The van der Waals surface area contributed by atoms with Crippen molar-refractivity contribution in [3.8, 4) is 0 Å². The first kappa shape index (κ1) is 11.6. The lowest BCUT2D eigenvalue weighted by Gasteiger charge is -2.10. The zero-order valence-corrected chi connectivity index (χ0v) is 11.3. The van der Waals surface area contributed by atoms with Crippen LogP contribution in [0.2, 0.25) is 0 Å². The molecule has 1 aliphatic rings. The molecule has 0 saturated heterocycles. The number of allylic oxidation sites excluding steroid dienone is 1. The van der Waals surface area contributed by atoms with Crippen LogP contribution in [0.5, 0.6) is 0 Å². The molecule has 1 unspecified atom stereocenters. The van der Waals surface area contributed by atoms with Gasteiger partial charge in [0.05, 0.1) is 0 Å². The van der Waals surface area contributed by atoms with Crippen molar-refractivity contribution in [2.24, 2.45) is 0 Å². The van der Waals surface area contributed by atoms with Crippen molar-refractivity contribution >= 4 is 16.7 Å². The Hall–Kier alpha value is -1.47. The Morgan fingerprint density at radius 1 is 0.944 bits per heavy atom. The summed E-state index contributed by atoms with van der Waals surface area (Å²) in [5.41, 5.74) is 4.11. The summed E-state index contributed by atoms with van der Waals surface area (Å²) >= 11 is 1.98. The minimum Gasteiger partial charge on any atom is -0.117 e. The monoisotopic (exact) mass is 252 g/mol. The van der Waals surface area contributed by atoms with Crippen molar-refractivity contribution in [2.75, 3.05) is 0 Å². The van der Waals surface area contributed by atoms with Crippen LogP contribution in [-0.2, 0) is 0 Å². The average molecular weight is 252 g/mol. The zero-order valence-electron chi connectivity index (χ0n) is 10.5. The van der Waals surface area contributed by atoms with Gasteiger partial charge >= 0.3 is 0 Å². The third kappa shape index (κ3) is 2.37. The predicted molar refractivity (Wildman–Crippen MR) is 80.5 cm³/mol. The molecule has 0 aliphatic carbocycles. The van der Waals surface area contributed by atoms with Crippen LogP contribution in [0, 0.1) is 6.92 Å². The number of hydrogen-bond donors (Lipinski definition) is 0.